The molecule has 0 bridgehead atoms. The third kappa shape index (κ3) is 1.85. The summed E-state index contributed by atoms with van der Waals surface area (Å²) >= 11 is 3.11. The molecule has 0 saturated carbocycles. The highest BCUT2D eigenvalue weighted by atomic mass is 32.2. The van der Waals surface area contributed by atoms with Crippen LogP contribution in [-0.4, -0.2) is 11.2 Å². The lowest BCUT2D eigenvalue weighted by Crippen LogP contribution is -1.80. The van der Waals surface area contributed by atoms with Crippen LogP contribution in [0, 0.1) is 5.82 Å². The van der Waals surface area contributed by atoms with Gasteiger partial charge in [0, 0.05) is 11.6 Å². The van der Waals surface area contributed by atoms with E-state index in [1.54, 1.807) is 17.4 Å². The molecule has 0 saturated heterocycles. The summed E-state index contributed by atoms with van der Waals surface area (Å²) in [6.45, 7) is 0. The van der Waals surface area contributed by atoms with Gasteiger partial charge in [0.2, 0.25) is 0 Å². The number of hydrogen-bond acceptors (Lipinski definition) is 4. The molecule has 5 heteroatoms. The SMILES string of the molecule is CSNc1nc2ccc3cc(F)ccc3c2s1. The summed E-state index contributed by atoms with van der Waals surface area (Å²) in [7, 11) is 0. The first kappa shape index (κ1) is 10.8. The van der Waals surface area contributed by atoms with E-state index in [-0.39, 0.29) is 5.82 Å². The van der Waals surface area contributed by atoms with Crippen molar-refractivity contribution in [1.29, 1.82) is 0 Å². The maximum atomic E-state index is 13.1. The fourth-order valence-corrected chi connectivity index (χ4v) is 3.30. The molecule has 3 rings (SSSR count). The van der Waals surface area contributed by atoms with Crippen LogP contribution in [0.5, 0.6) is 0 Å². The predicted octanol–water partition coefficient (Wildman–Crippen LogP) is 4.28. The zero-order valence-corrected chi connectivity index (χ0v) is 10.7. The van der Waals surface area contributed by atoms with Gasteiger partial charge in [-0.15, -0.1) is 0 Å². The molecule has 0 aliphatic rings. The number of nitrogens with zero attached hydrogens (tertiary/aromatic N) is 1. The lowest BCUT2D eigenvalue weighted by Gasteiger charge is -1.97. The number of hydrogen-bond donors (Lipinski definition) is 1. The van der Waals surface area contributed by atoms with Crippen molar-refractivity contribution in [2.45, 2.75) is 0 Å². The minimum Gasteiger partial charge on any atom is -0.306 e. The van der Waals surface area contributed by atoms with Crippen LogP contribution in [0.15, 0.2) is 30.3 Å². The fourth-order valence-electron chi connectivity index (χ4n) is 1.82. The smallest absolute Gasteiger partial charge is 0.193 e. The number of thiazole rings is 1. The molecule has 17 heavy (non-hydrogen) atoms. The van der Waals surface area contributed by atoms with Crippen LogP contribution in [0.4, 0.5) is 9.52 Å². The van der Waals surface area contributed by atoms with Gasteiger partial charge in [-0.05, 0) is 29.7 Å². The van der Waals surface area contributed by atoms with Gasteiger partial charge in [0.1, 0.15) is 5.82 Å². The second kappa shape index (κ2) is 4.16. The Morgan fingerprint density at radius 2 is 2.18 bits per heavy atom. The number of halogens is 1. The van der Waals surface area contributed by atoms with Crippen molar-refractivity contribution in [3.63, 3.8) is 0 Å². The Kier molecular flexibility index (Phi) is 2.64. The highest BCUT2D eigenvalue weighted by molar-refractivity contribution is 8.00. The molecule has 0 atom stereocenters. The van der Waals surface area contributed by atoms with Crippen LogP contribution in [0.1, 0.15) is 0 Å². The molecule has 1 aromatic heterocycles. The fraction of sp³-hybridized carbons (Fsp3) is 0.0833. The first-order valence-electron chi connectivity index (χ1n) is 5.06. The molecule has 86 valence electrons. The molecule has 2 aromatic carbocycles. The minimum atomic E-state index is -0.205. The van der Waals surface area contributed by atoms with Gasteiger partial charge in [0.25, 0.3) is 0 Å². The van der Waals surface area contributed by atoms with Gasteiger partial charge in [-0.25, -0.2) is 9.37 Å². The van der Waals surface area contributed by atoms with Gasteiger partial charge >= 0.3 is 0 Å². The molecule has 0 radical (unpaired) electrons. The molecule has 0 aliphatic heterocycles. The highest BCUT2D eigenvalue weighted by Crippen LogP contribution is 2.33. The topological polar surface area (TPSA) is 24.9 Å². The second-order valence-corrected chi connectivity index (χ2v) is 5.22. The Bertz CT molecular complexity index is 693. The largest absolute Gasteiger partial charge is 0.306 e. The second-order valence-electron chi connectivity index (χ2n) is 3.60. The molecule has 0 fully saturated rings. The maximum Gasteiger partial charge on any atom is 0.193 e. The number of nitrogens with one attached hydrogen (secondary N) is 1. The lowest BCUT2D eigenvalue weighted by atomic mass is 10.1. The summed E-state index contributed by atoms with van der Waals surface area (Å²) in [5.74, 6) is -0.205. The van der Waals surface area contributed by atoms with Gasteiger partial charge in [-0.3, -0.25) is 0 Å². The Morgan fingerprint density at radius 1 is 1.29 bits per heavy atom. The van der Waals surface area contributed by atoms with E-state index < -0.39 is 0 Å². The summed E-state index contributed by atoms with van der Waals surface area (Å²) in [6, 6.07) is 8.69. The van der Waals surface area contributed by atoms with Crippen molar-refractivity contribution in [2.24, 2.45) is 0 Å². The molecule has 2 nitrogen and oxygen atoms in total. The first-order chi connectivity index (χ1) is 8.28. The van der Waals surface area contributed by atoms with Gasteiger partial charge in [0.15, 0.2) is 5.13 Å². The minimum absolute atomic E-state index is 0.205. The lowest BCUT2D eigenvalue weighted by molar-refractivity contribution is 0.630. The van der Waals surface area contributed by atoms with Crippen LogP contribution >= 0.6 is 23.3 Å². The Labute approximate surface area is 106 Å². The Morgan fingerprint density at radius 3 is 3.00 bits per heavy atom. The Hall–Kier alpha value is -1.33. The van der Waals surface area contributed by atoms with E-state index in [0.717, 1.165) is 26.1 Å². The van der Waals surface area contributed by atoms with Gasteiger partial charge in [-0.1, -0.05) is 29.4 Å². The summed E-state index contributed by atoms with van der Waals surface area (Å²) in [5, 5.41) is 2.84. The van der Waals surface area contributed by atoms with Crippen molar-refractivity contribution in [3.05, 3.63) is 36.1 Å². The third-order valence-electron chi connectivity index (χ3n) is 2.52. The van der Waals surface area contributed by atoms with Crippen molar-refractivity contribution in [1.82, 2.24) is 4.98 Å². The van der Waals surface area contributed by atoms with E-state index in [4.69, 9.17) is 0 Å². The number of fused-ring (bicyclic) bond motifs is 3. The van der Waals surface area contributed by atoms with Gasteiger partial charge in [-0.2, -0.15) is 0 Å². The van der Waals surface area contributed by atoms with Crippen LogP contribution in [-0.2, 0) is 0 Å². The normalized spacial score (nSPS) is 11.2. The van der Waals surface area contributed by atoms with Crippen molar-refractivity contribution in [2.75, 3.05) is 11.0 Å². The van der Waals surface area contributed by atoms with E-state index in [1.165, 1.54) is 18.0 Å². The van der Waals surface area contributed by atoms with Crippen LogP contribution in [0.25, 0.3) is 21.0 Å². The van der Waals surface area contributed by atoms with E-state index in [9.17, 15) is 4.39 Å². The van der Waals surface area contributed by atoms with Crippen molar-refractivity contribution in [3.8, 4) is 0 Å². The average Bonchev–Trinajstić information content (AvgIpc) is 2.72. The third-order valence-corrected chi connectivity index (χ3v) is 4.07. The zero-order chi connectivity index (χ0) is 11.8. The van der Waals surface area contributed by atoms with Crippen molar-refractivity contribution >= 4 is 49.4 Å². The van der Waals surface area contributed by atoms with E-state index in [0.29, 0.717) is 0 Å². The van der Waals surface area contributed by atoms with E-state index >= 15 is 0 Å². The van der Waals surface area contributed by atoms with Crippen molar-refractivity contribution < 1.29 is 4.39 Å². The summed E-state index contributed by atoms with van der Waals surface area (Å²) in [4.78, 5) is 4.47. The summed E-state index contributed by atoms with van der Waals surface area (Å²) < 4.78 is 17.4. The molecular formula is C12H9FN2S2. The monoisotopic (exact) mass is 264 g/mol. The molecule has 1 heterocycles. The molecule has 0 aliphatic carbocycles. The molecule has 0 amide bonds. The summed E-state index contributed by atoms with van der Waals surface area (Å²) in [5.41, 5.74) is 0.950. The van der Waals surface area contributed by atoms with Crippen LogP contribution in [0.3, 0.4) is 0 Å². The maximum absolute atomic E-state index is 13.1. The molecular weight excluding hydrogens is 255 g/mol. The highest BCUT2D eigenvalue weighted by Gasteiger charge is 2.07. The molecule has 1 N–H and O–H groups in total. The number of aromatic nitrogens is 1. The molecule has 0 unspecified atom stereocenters. The number of rotatable bonds is 2. The Balaban J connectivity index is 2.31. The van der Waals surface area contributed by atoms with Crippen LogP contribution < -0.4 is 4.72 Å². The van der Waals surface area contributed by atoms with Gasteiger partial charge < -0.3 is 4.72 Å². The quantitative estimate of drug-likeness (QED) is 0.699. The average molecular weight is 264 g/mol. The zero-order valence-electron chi connectivity index (χ0n) is 9.03. The standard InChI is InChI=1S/C12H9FN2S2/c1-16-15-12-14-10-5-2-7-6-8(13)3-4-9(7)11(10)17-12/h2-6H,1H3,(H,14,15). The van der Waals surface area contributed by atoms with E-state index in [1.807, 2.05) is 24.5 Å². The first-order valence-corrected chi connectivity index (χ1v) is 7.10. The molecule has 0 spiro atoms. The van der Waals surface area contributed by atoms with Gasteiger partial charge in [0.05, 0.1) is 10.2 Å². The van der Waals surface area contributed by atoms with E-state index in [2.05, 4.69) is 9.71 Å². The summed E-state index contributed by atoms with van der Waals surface area (Å²) in [6.07, 6.45) is 1.96. The number of anilines is 1. The molecule has 3 aromatic rings. The van der Waals surface area contributed by atoms with Crippen LogP contribution in [0.2, 0.25) is 0 Å². The number of benzene rings is 2. The predicted molar refractivity (Wildman–Crippen MR) is 74.2 cm³/mol.